The van der Waals surface area contributed by atoms with Crippen molar-refractivity contribution in [2.45, 2.75) is 5.03 Å². The number of carbonyl (C=O) groups excluding carboxylic acids is 1. The predicted molar refractivity (Wildman–Crippen MR) is 86.7 cm³/mol. The van der Waals surface area contributed by atoms with E-state index in [1.54, 1.807) is 18.3 Å². The SMILES string of the molecule is O=C(CSc1ncccc1Cl)Nc1cc([N+](=O)[O-])ccc1Cl. The molecule has 2 aromatic rings. The van der Waals surface area contributed by atoms with Crippen LogP contribution in [0.3, 0.4) is 0 Å². The molecular formula is C13H9Cl2N3O3S. The molecule has 0 spiro atoms. The van der Waals surface area contributed by atoms with Gasteiger partial charge >= 0.3 is 0 Å². The number of nitro groups is 1. The van der Waals surface area contributed by atoms with Crippen molar-refractivity contribution in [1.82, 2.24) is 4.98 Å². The standard InChI is InChI=1S/C13H9Cl2N3O3S/c14-9-4-3-8(18(20)21)6-11(9)17-12(19)7-22-13-10(15)2-1-5-16-13/h1-6H,7H2,(H,17,19). The van der Waals surface area contributed by atoms with E-state index in [1.807, 2.05) is 0 Å². The topological polar surface area (TPSA) is 85.1 Å². The van der Waals surface area contributed by atoms with Gasteiger partial charge < -0.3 is 5.32 Å². The number of carbonyl (C=O) groups is 1. The minimum Gasteiger partial charge on any atom is -0.324 e. The molecule has 0 unspecified atom stereocenters. The van der Waals surface area contributed by atoms with Crippen molar-refractivity contribution < 1.29 is 9.72 Å². The molecule has 2 rings (SSSR count). The molecule has 114 valence electrons. The van der Waals surface area contributed by atoms with Crippen LogP contribution in [0.5, 0.6) is 0 Å². The second-order valence-corrected chi connectivity index (χ2v) is 5.83. The highest BCUT2D eigenvalue weighted by Crippen LogP contribution is 2.28. The number of hydrogen-bond acceptors (Lipinski definition) is 5. The largest absolute Gasteiger partial charge is 0.324 e. The zero-order valence-electron chi connectivity index (χ0n) is 11.0. The molecule has 0 radical (unpaired) electrons. The van der Waals surface area contributed by atoms with Gasteiger partial charge in [0.1, 0.15) is 5.03 Å². The van der Waals surface area contributed by atoms with E-state index in [0.717, 1.165) is 11.8 Å². The number of pyridine rings is 1. The monoisotopic (exact) mass is 357 g/mol. The Hall–Kier alpha value is -1.83. The lowest BCUT2D eigenvalue weighted by Gasteiger charge is -2.07. The molecule has 22 heavy (non-hydrogen) atoms. The third kappa shape index (κ3) is 4.33. The van der Waals surface area contributed by atoms with Crippen LogP contribution in [-0.4, -0.2) is 21.6 Å². The Kier molecular flexibility index (Phi) is 5.59. The molecule has 0 atom stereocenters. The first-order valence-electron chi connectivity index (χ1n) is 5.94. The maximum Gasteiger partial charge on any atom is 0.271 e. The molecule has 6 nitrogen and oxygen atoms in total. The van der Waals surface area contributed by atoms with Crippen LogP contribution in [0.2, 0.25) is 10.0 Å². The molecule has 0 bridgehead atoms. The van der Waals surface area contributed by atoms with Crippen molar-refractivity contribution in [3.05, 3.63) is 56.7 Å². The van der Waals surface area contributed by atoms with Gasteiger partial charge in [0.05, 0.1) is 26.4 Å². The molecule has 0 aliphatic carbocycles. The molecule has 9 heteroatoms. The quantitative estimate of drug-likeness (QED) is 0.496. The highest BCUT2D eigenvalue weighted by atomic mass is 35.5. The second kappa shape index (κ2) is 7.44. The summed E-state index contributed by atoms with van der Waals surface area (Å²) in [6, 6.07) is 7.19. The second-order valence-electron chi connectivity index (χ2n) is 4.05. The van der Waals surface area contributed by atoms with E-state index in [-0.39, 0.29) is 28.1 Å². The number of anilines is 1. The summed E-state index contributed by atoms with van der Waals surface area (Å²) in [5.74, 6) is -0.315. The Morgan fingerprint density at radius 2 is 2.09 bits per heavy atom. The molecular weight excluding hydrogens is 349 g/mol. The molecule has 1 amide bonds. The lowest BCUT2D eigenvalue weighted by Crippen LogP contribution is -2.14. The first kappa shape index (κ1) is 16.5. The predicted octanol–water partition coefficient (Wildman–Crippen LogP) is 4.03. The molecule has 1 heterocycles. The van der Waals surface area contributed by atoms with Gasteiger partial charge in [0, 0.05) is 18.3 Å². The van der Waals surface area contributed by atoms with Crippen LogP contribution in [0.15, 0.2) is 41.6 Å². The van der Waals surface area contributed by atoms with E-state index < -0.39 is 4.92 Å². The molecule has 1 aromatic heterocycles. The summed E-state index contributed by atoms with van der Waals surface area (Å²) in [6.45, 7) is 0. The molecule has 0 fully saturated rings. The zero-order valence-corrected chi connectivity index (χ0v) is 13.3. The van der Waals surface area contributed by atoms with Crippen LogP contribution in [0.1, 0.15) is 0 Å². The molecule has 0 aliphatic heterocycles. The maximum absolute atomic E-state index is 11.9. The summed E-state index contributed by atoms with van der Waals surface area (Å²) in [5.41, 5.74) is 0.0358. The number of nitrogens with zero attached hydrogens (tertiary/aromatic N) is 2. The minimum atomic E-state index is -0.561. The van der Waals surface area contributed by atoms with Crippen LogP contribution >= 0.6 is 35.0 Å². The van der Waals surface area contributed by atoms with E-state index in [2.05, 4.69) is 10.3 Å². The van der Waals surface area contributed by atoms with Crippen molar-refractivity contribution in [3.63, 3.8) is 0 Å². The molecule has 0 saturated heterocycles. The fourth-order valence-electron chi connectivity index (χ4n) is 1.52. The average molecular weight is 358 g/mol. The van der Waals surface area contributed by atoms with Crippen molar-refractivity contribution in [2.75, 3.05) is 11.1 Å². The summed E-state index contributed by atoms with van der Waals surface area (Å²) in [6.07, 6.45) is 1.57. The number of hydrogen-bond donors (Lipinski definition) is 1. The van der Waals surface area contributed by atoms with Crippen molar-refractivity contribution in [2.24, 2.45) is 0 Å². The van der Waals surface area contributed by atoms with Gasteiger partial charge in [0.25, 0.3) is 5.69 Å². The van der Waals surface area contributed by atoms with E-state index in [4.69, 9.17) is 23.2 Å². The number of non-ortho nitro benzene ring substituents is 1. The van der Waals surface area contributed by atoms with Crippen LogP contribution < -0.4 is 5.32 Å². The lowest BCUT2D eigenvalue weighted by molar-refractivity contribution is -0.384. The summed E-state index contributed by atoms with van der Waals surface area (Å²) in [7, 11) is 0. The molecule has 1 N–H and O–H groups in total. The number of thioether (sulfide) groups is 1. The number of benzene rings is 1. The third-order valence-electron chi connectivity index (χ3n) is 2.50. The van der Waals surface area contributed by atoms with Crippen LogP contribution in [0.25, 0.3) is 0 Å². The molecule has 0 aliphatic rings. The van der Waals surface area contributed by atoms with Gasteiger partial charge in [-0.3, -0.25) is 14.9 Å². The Labute approximate surface area is 140 Å². The highest BCUT2D eigenvalue weighted by Gasteiger charge is 2.13. The van der Waals surface area contributed by atoms with Crippen LogP contribution in [0.4, 0.5) is 11.4 Å². The van der Waals surface area contributed by atoms with Gasteiger partial charge in [0.2, 0.25) is 5.91 Å². The number of nitro benzene ring substituents is 1. The van der Waals surface area contributed by atoms with Gasteiger partial charge in [-0.15, -0.1) is 0 Å². The van der Waals surface area contributed by atoms with Gasteiger partial charge in [-0.1, -0.05) is 35.0 Å². The normalized spacial score (nSPS) is 10.3. The zero-order chi connectivity index (χ0) is 16.1. The summed E-state index contributed by atoms with van der Waals surface area (Å²) in [5, 5.41) is 14.5. The summed E-state index contributed by atoms with van der Waals surface area (Å²) in [4.78, 5) is 26.1. The number of halogens is 2. The Morgan fingerprint density at radius 1 is 1.32 bits per heavy atom. The van der Waals surface area contributed by atoms with Crippen LogP contribution in [0, 0.1) is 10.1 Å². The number of amides is 1. The molecule has 0 saturated carbocycles. The van der Waals surface area contributed by atoms with Crippen molar-refractivity contribution in [1.29, 1.82) is 0 Å². The van der Waals surface area contributed by atoms with Gasteiger partial charge in [-0.2, -0.15) is 0 Å². The van der Waals surface area contributed by atoms with Gasteiger partial charge in [-0.05, 0) is 18.2 Å². The Morgan fingerprint density at radius 3 is 2.77 bits per heavy atom. The van der Waals surface area contributed by atoms with E-state index in [9.17, 15) is 14.9 Å². The Balaban J connectivity index is 2.02. The van der Waals surface area contributed by atoms with E-state index in [0.29, 0.717) is 10.0 Å². The average Bonchev–Trinajstić information content (AvgIpc) is 2.48. The van der Waals surface area contributed by atoms with Crippen molar-refractivity contribution >= 4 is 52.2 Å². The van der Waals surface area contributed by atoms with Gasteiger partial charge in [-0.25, -0.2) is 4.98 Å². The minimum absolute atomic E-state index is 0.0513. The third-order valence-corrected chi connectivity index (χ3v) is 4.25. The lowest BCUT2D eigenvalue weighted by atomic mass is 10.3. The van der Waals surface area contributed by atoms with Crippen molar-refractivity contribution in [3.8, 4) is 0 Å². The smallest absolute Gasteiger partial charge is 0.271 e. The number of nitrogens with one attached hydrogen (secondary N) is 1. The van der Waals surface area contributed by atoms with Gasteiger partial charge in [0.15, 0.2) is 0 Å². The highest BCUT2D eigenvalue weighted by molar-refractivity contribution is 8.00. The maximum atomic E-state index is 11.9. The number of aromatic nitrogens is 1. The molecule has 1 aromatic carbocycles. The van der Waals surface area contributed by atoms with E-state index in [1.165, 1.54) is 18.2 Å². The Bertz CT molecular complexity index is 727. The first-order chi connectivity index (χ1) is 10.5. The fourth-order valence-corrected chi connectivity index (χ4v) is 2.65. The first-order valence-corrected chi connectivity index (χ1v) is 7.68. The fraction of sp³-hybridized carbons (Fsp3) is 0.0769. The number of rotatable bonds is 5. The van der Waals surface area contributed by atoms with E-state index >= 15 is 0 Å². The summed E-state index contributed by atoms with van der Waals surface area (Å²) >= 11 is 13.0. The van der Waals surface area contributed by atoms with Crippen LogP contribution in [-0.2, 0) is 4.79 Å². The summed E-state index contributed by atoms with van der Waals surface area (Å²) < 4.78 is 0.